The molecular formula is C31H24ClNO2S. The molecule has 0 N–H and O–H groups in total. The second kappa shape index (κ2) is 8.81. The minimum Gasteiger partial charge on any atom is -0.265 e. The molecule has 0 fully saturated rings. The van der Waals surface area contributed by atoms with Crippen LogP contribution in [-0.2, 0) is 16.4 Å². The van der Waals surface area contributed by atoms with Crippen LogP contribution in [0.2, 0.25) is 5.02 Å². The van der Waals surface area contributed by atoms with Gasteiger partial charge in [-0.15, -0.1) is 0 Å². The average Bonchev–Trinajstić information content (AvgIpc) is 3.35. The molecule has 178 valence electrons. The van der Waals surface area contributed by atoms with E-state index in [0.717, 1.165) is 49.8 Å². The van der Waals surface area contributed by atoms with Crippen LogP contribution in [0.3, 0.4) is 0 Å². The summed E-state index contributed by atoms with van der Waals surface area (Å²) in [4.78, 5) is 0.302. The first-order valence-electron chi connectivity index (χ1n) is 11.9. The van der Waals surface area contributed by atoms with Gasteiger partial charge >= 0.3 is 0 Å². The molecule has 1 aliphatic rings. The third-order valence-electron chi connectivity index (χ3n) is 6.89. The van der Waals surface area contributed by atoms with Gasteiger partial charge in [-0.05, 0) is 70.8 Å². The number of benzene rings is 5. The maximum Gasteiger partial charge on any atom is 0.264 e. The Morgan fingerprint density at radius 3 is 1.97 bits per heavy atom. The average molecular weight is 510 g/mol. The third-order valence-corrected chi connectivity index (χ3v) is 8.94. The topological polar surface area (TPSA) is 37.4 Å². The lowest BCUT2D eigenvalue weighted by Crippen LogP contribution is -2.29. The molecule has 0 aliphatic carbocycles. The first-order chi connectivity index (χ1) is 17.4. The molecule has 1 heterocycles. The summed E-state index contributed by atoms with van der Waals surface area (Å²) < 4.78 is 29.4. The summed E-state index contributed by atoms with van der Waals surface area (Å²) in [6.07, 6.45) is 0.628. The number of rotatable bonds is 4. The van der Waals surface area contributed by atoms with Crippen LogP contribution in [0.4, 0.5) is 5.69 Å². The second-order valence-corrected chi connectivity index (χ2v) is 11.4. The number of hydrogen-bond acceptors (Lipinski definition) is 2. The van der Waals surface area contributed by atoms with Gasteiger partial charge in [-0.25, -0.2) is 8.42 Å². The summed E-state index contributed by atoms with van der Waals surface area (Å²) >= 11 is 6.53. The fourth-order valence-electron chi connectivity index (χ4n) is 5.26. The smallest absolute Gasteiger partial charge is 0.264 e. The van der Waals surface area contributed by atoms with Crippen LogP contribution in [0.15, 0.2) is 108 Å². The van der Waals surface area contributed by atoms with Crippen LogP contribution in [-0.4, -0.2) is 15.0 Å². The van der Waals surface area contributed by atoms with Crippen LogP contribution in [0.25, 0.3) is 33.0 Å². The lowest BCUT2D eigenvalue weighted by molar-refractivity contribution is 0.592. The van der Waals surface area contributed by atoms with Gasteiger partial charge in [0.15, 0.2) is 0 Å². The van der Waals surface area contributed by atoms with Gasteiger partial charge in [-0.1, -0.05) is 96.0 Å². The van der Waals surface area contributed by atoms with Crippen molar-refractivity contribution < 1.29 is 8.42 Å². The largest absolute Gasteiger partial charge is 0.265 e. The van der Waals surface area contributed by atoms with E-state index in [2.05, 4.69) is 24.3 Å². The molecule has 5 aromatic rings. The van der Waals surface area contributed by atoms with Crippen molar-refractivity contribution in [3.63, 3.8) is 0 Å². The third kappa shape index (κ3) is 3.69. The van der Waals surface area contributed by atoms with Crippen molar-refractivity contribution in [2.24, 2.45) is 0 Å². The van der Waals surface area contributed by atoms with Gasteiger partial charge in [0.25, 0.3) is 10.0 Å². The fraction of sp³-hybridized carbons (Fsp3) is 0.0968. The second-order valence-electron chi connectivity index (χ2n) is 9.14. The molecule has 0 bridgehead atoms. The number of hydrogen-bond donors (Lipinski definition) is 0. The Balaban J connectivity index is 1.72. The molecule has 0 spiro atoms. The van der Waals surface area contributed by atoms with E-state index in [9.17, 15) is 8.42 Å². The van der Waals surface area contributed by atoms with Crippen molar-refractivity contribution >= 4 is 38.1 Å². The first-order valence-corrected chi connectivity index (χ1v) is 13.8. The Morgan fingerprint density at radius 2 is 1.33 bits per heavy atom. The Morgan fingerprint density at radius 1 is 0.722 bits per heavy atom. The quantitative estimate of drug-likeness (QED) is 0.247. The highest BCUT2D eigenvalue weighted by Gasteiger charge is 2.35. The highest BCUT2D eigenvalue weighted by molar-refractivity contribution is 7.92. The van der Waals surface area contributed by atoms with Gasteiger partial charge in [0.1, 0.15) is 0 Å². The van der Waals surface area contributed by atoms with Crippen molar-refractivity contribution in [1.29, 1.82) is 0 Å². The number of aryl methyl sites for hydroxylation is 1. The molecule has 6 rings (SSSR count). The number of anilines is 1. The Bertz CT molecular complexity index is 1700. The van der Waals surface area contributed by atoms with Crippen LogP contribution in [0, 0.1) is 6.92 Å². The highest BCUT2D eigenvalue weighted by Crippen LogP contribution is 2.50. The van der Waals surface area contributed by atoms with Gasteiger partial charge in [0, 0.05) is 17.0 Å². The van der Waals surface area contributed by atoms with Gasteiger partial charge in [0.05, 0.1) is 10.6 Å². The predicted octanol–water partition coefficient (Wildman–Crippen LogP) is 7.89. The summed E-state index contributed by atoms with van der Waals surface area (Å²) in [6, 6.07) is 33.3. The van der Waals surface area contributed by atoms with E-state index >= 15 is 0 Å². The van der Waals surface area contributed by atoms with Crippen LogP contribution in [0.5, 0.6) is 0 Å². The maximum absolute atomic E-state index is 13.9. The SMILES string of the molecule is Cc1ccc(S(=O)(=O)N2CCc3c(-c4ccccc4)c(-c4ccccc4)c4cc(Cl)ccc4c32)cc1. The molecule has 0 amide bonds. The van der Waals surface area contributed by atoms with E-state index in [1.165, 1.54) is 0 Å². The van der Waals surface area contributed by atoms with Crippen molar-refractivity contribution in [3.05, 3.63) is 119 Å². The minimum absolute atomic E-state index is 0.302. The lowest BCUT2D eigenvalue weighted by Gasteiger charge is -2.24. The first kappa shape index (κ1) is 22.8. The molecule has 5 aromatic carbocycles. The van der Waals surface area contributed by atoms with Gasteiger partial charge in [-0.2, -0.15) is 0 Å². The summed E-state index contributed by atoms with van der Waals surface area (Å²) in [7, 11) is -3.75. The Labute approximate surface area is 216 Å². The van der Waals surface area contributed by atoms with Gasteiger partial charge in [-0.3, -0.25) is 4.31 Å². The predicted molar refractivity (Wildman–Crippen MR) is 149 cm³/mol. The molecule has 0 unspecified atom stereocenters. The molecule has 5 heteroatoms. The summed E-state index contributed by atoms with van der Waals surface area (Å²) in [6.45, 7) is 2.34. The monoisotopic (exact) mass is 509 g/mol. The number of nitrogens with zero attached hydrogens (tertiary/aromatic N) is 1. The van der Waals surface area contributed by atoms with Crippen LogP contribution < -0.4 is 4.31 Å². The molecule has 0 aromatic heterocycles. The Kier molecular flexibility index (Phi) is 5.59. The van der Waals surface area contributed by atoms with E-state index in [1.807, 2.05) is 73.7 Å². The zero-order chi connectivity index (χ0) is 24.9. The van der Waals surface area contributed by atoms with Crippen molar-refractivity contribution in [2.45, 2.75) is 18.2 Å². The number of halogens is 1. The van der Waals surface area contributed by atoms with E-state index in [1.54, 1.807) is 16.4 Å². The molecule has 0 atom stereocenters. The normalized spacial score (nSPS) is 13.2. The summed E-state index contributed by atoms with van der Waals surface area (Å²) in [5.41, 5.74) is 7.09. The lowest BCUT2D eigenvalue weighted by atomic mass is 9.85. The Hall–Kier alpha value is -3.60. The van der Waals surface area contributed by atoms with Crippen molar-refractivity contribution in [2.75, 3.05) is 10.8 Å². The van der Waals surface area contributed by atoms with Crippen LogP contribution in [0.1, 0.15) is 11.1 Å². The standard InChI is InChI=1S/C31H24ClNO2S/c1-21-12-15-25(16-13-21)36(34,35)33-19-18-27-29(22-8-4-2-5-9-22)30(23-10-6-3-7-11-23)28-20-24(32)14-17-26(28)31(27)33/h2-17,20H,18-19H2,1H3. The molecular weight excluding hydrogens is 486 g/mol. The zero-order valence-corrected chi connectivity index (χ0v) is 21.4. The molecule has 3 nitrogen and oxygen atoms in total. The van der Waals surface area contributed by atoms with E-state index in [0.29, 0.717) is 22.9 Å². The summed E-state index contributed by atoms with van der Waals surface area (Å²) in [5, 5.41) is 2.45. The summed E-state index contributed by atoms with van der Waals surface area (Å²) in [5.74, 6) is 0. The highest BCUT2D eigenvalue weighted by atomic mass is 35.5. The number of fused-ring (bicyclic) bond motifs is 3. The molecule has 36 heavy (non-hydrogen) atoms. The molecule has 0 radical (unpaired) electrons. The van der Waals surface area contributed by atoms with Crippen molar-refractivity contribution in [1.82, 2.24) is 0 Å². The van der Waals surface area contributed by atoms with E-state index < -0.39 is 10.0 Å². The zero-order valence-electron chi connectivity index (χ0n) is 19.8. The van der Waals surface area contributed by atoms with Gasteiger partial charge in [0.2, 0.25) is 0 Å². The van der Waals surface area contributed by atoms with Crippen LogP contribution >= 0.6 is 11.6 Å². The minimum atomic E-state index is -3.75. The molecule has 1 aliphatic heterocycles. The molecule has 0 saturated carbocycles. The van der Waals surface area contributed by atoms with Gasteiger partial charge < -0.3 is 0 Å². The molecule has 0 saturated heterocycles. The maximum atomic E-state index is 13.9. The number of sulfonamides is 1. The van der Waals surface area contributed by atoms with E-state index in [4.69, 9.17) is 11.6 Å². The van der Waals surface area contributed by atoms with Crippen molar-refractivity contribution in [3.8, 4) is 22.3 Å². The van der Waals surface area contributed by atoms with E-state index in [-0.39, 0.29) is 0 Å². The fourth-order valence-corrected chi connectivity index (χ4v) is 6.94.